The van der Waals surface area contributed by atoms with Crippen LogP contribution in [0.25, 0.3) is 16.9 Å². The lowest BCUT2D eigenvalue weighted by Crippen LogP contribution is -2.08. The van der Waals surface area contributed by atoms with Crippen molar-refractivity contribution in [3.05, 3.63) is 78.1 Å². The summed E-state index contributed by atoms with van der Waals surface area (Å²) < 4.78 is 23.1. The van der Waals surface area contributed by atoms with E-state index in [1.165, 1.54) is 12.1 Å². The molecule has 0 spiro atoms. The maximum atomic E-state index is 13.3. The highest BCUT2D eigenvalue weighted by molar-refractivity contribution is 5.67. The zero-order valence-corrected chi connectivity index (χ0v) is 18.4. The summed E-state index contributed by atoms with van der Waals surface area (Å²) in [4.78, 5) is 8.98. The maximum Gasteiger partial charge on any atom is 0.228 e. The Kier molecular flexibility index (Phi) is 4.90. The number of aryl methyl sites for hydroxylation is 1. The van der Waals surface area contributed by atoms with Crippen LogP contribution in [-0.2, 0) is 13.5 Å². The number of nitrogens with zero attached hydrogens (tertiary/aromatic N) is 7. The molecule has 0 radical (unpaired) electrons. The molecule has 1 atom stereocenters. The van der Waals surface area contributed by atoms with Crippen LogP contribution in [0.4, 0.5) is 16.2 Å². The van der Waals surface area contributed by atoms with E-state index in [0.717, 1.165) is 41.3 Å². The summed E-state index contributed by atoms with van der Waals surface area (Å²) in [5.41, 5.74) is 3.33. The minimum Gasteiger partial charge on any atom is -0.478 e. The first-order chi connectivity index (χ1) is 16.6. The highest BCUT2D eigenvalue weighted by Crippen LogP contribution is 2.33. The Labute approximate surface area is 194 Å². The molecule has 5 aromatic rings. The average molecular weight is 456 g/mol. The Balaban J connectivity index is 1.34. The molecule has 1 aliphatic rings. The van der Waals surface area contributed by atoms with E-state index in [-0.39, 0.29) is 11.7 Å². The molecule has 4 aromatic heterocycles. The molecule has 0 unspecified atom stereocenters. The van der Waals surface area contributed by atoms with Gasteiger partial charge in [0.05, 0.1) is 18.5 Å². The summed E-state index contributed by atoms with van der Waals surface area (Å²) in [5.74, 6) is 2.65. The number of hydrogen-bond acceptors (Lipinski definition) is 7. The van der Waals surface area contributed by atoms with Crippen LogP contribution in [0.3, 0.4) is 0 Å². The monoisotopic (exact) mass is 456 g/mol. The molecule has 34 heavy (non-hydrogen) atoms. The van der Waals surface area contributed by atoms with E-state index in [9.17, 15) is 4.39 Å². The Morgan fingerprint density at radius 3 is 2.79 bits per heavy atom. The topological polar surface area (TPSA) is 95.1 Å². The largest absolute Gasteiger partial charge is 0.478 e. The van der Waals surface area contributed by atoms with Crippen LogP contribution in [0, 0.1) is 5.82 Å². The van der Waals surface area contributed by atoms with Gasteiger partial charge in [0, 0.05) is 36.9 Å². The summed E-state index contributed by atoms with van der Waals surface area (Å²) in [6.07, 6.45) is 4.93. The molecule has 5 heterocycles. The Morgan fingerprint density at radius 2 is 1.97 bits per heavy atom. The molecule has 0 bridgehead atoms. The molecule has 0 saturated carbocycles. The highest BCUT2D eigenvalue weighted by Gasteiger charge is 2.25. The first kappa shape index (κ1) is 20.3. The van der Waals surface area contributed by atoms with E-state index >= 15 is 0 Å². The van der Waals surface area contributed by atoms with E-state index in [2.05, 4.69) is 30.6 Å². The number of nitrogens with one attached hydrogen (secondary N) is 1. The Hall–Kier alpha value is -4.34. The van der Waals surface area contributed by atoms with E-state index < -0.39 is 0 Å². The van der Waals surface area contributed by atoms with E-state index in [0.29, 0.717) is 24.1 Å². The van der Waals surface area contributed by atoms with Crippen LogP contribution in [0.5, 0.6) is 5.88 Å². The van der Waals surface area contributed by atoms with Gasteiger partial charge in [-0.3, -0.25) is 4.68 Å². The average Bonchev–Trinajstić information content (AvgIpc) is 3.41. The van der Waals surface area contributed by atoms with Gasteiger partial charge in [-0.25, -0.2) is 18.8 Å². The van der Waals surface area contributed by atoms with Gasteiger partial charge in [-0.05, 0) is 42.7 Å². The summed E-state index contributed by atoms with van der Waals surface area (Å²) in [6, 6.07) is 14.2. The van der Waals surface area contributed by atoms with Crippen LogP contribution < -0.4 is 10.1 Å². The number of aromatic nitrogens is 7. The van der Waals surface area contributed by atoms with Crippen molar-refractivity contribution < 1.29 is 9.13 Å². The Bertz CT molecular complexity index is 1480. The van der Waals surface area contributed by atoms with Crippen LogP contribution in [0.1, 0.15) is 23.7 Å². The molecule has 0 amide bonds. The second-order valence-electron chi connectivity index (χ2n) is 8.23. The third kappa shape index (κ3) is 3.72. The van der Waals surface area contributed by atoms with Crippen LogP contribution in [0.15, 0.2) is 60.9 Å². The quantitative estimate of drug-likeness (QED) is 0.428. The second kappa shape index (κ2) is 8.22. The molecule has 1 N–H and O–H groups in total. The van der Waals surface area contributed by atoms with Crippen molar-refractivity contribution in [3.8, 4) is 17.1 Å². The van der Waals surface area contributed by atoms with Gasteiger partial charge in [0.1, 0.15) is 17.5 Å². The molecule has 170 valence electrons. The number of ether oxygens (including phenoxy) is 1. The van der Waals surface area contributed by atoms with Gasteiger partial charge in [-0.1, -0.05) is 12.1 Å². The van der Waals surface area contributed by atoms with Crippen molar-refractivity contribution in [3.63, 3.8) is 0 Å². The Morgan fingerprint density at radius 1 is 1.09 bits per heavy atom. The van der Waals surface area contributed by atoms with Crippen LogP contribution in [-0.4, -0.2) is 41.0 Å². The lowest BCUT2D eigenvalue weighted by atomic mass is 9.96. The van der Waals surface area contributed by atoms with Crippen molar-refractivity contribution in [2.24, 2.45) is 7.05 Å². The van der Waals surface area contributed by atoms with Crippen LogP contribution in [0.2, 0.25) is 0 Å². The van der Waals surface area contributed by atoms with Gasteiger partial charge in [-0.15, -0.1) is 10.2 Å². The number of pyridine rings is 1. The summed E-state index contributed by atoms with van der Waals surface area (Å²) in [6.45, 7) is 0.546. The van der Waals surface area contributed by atoms with E-state index in [4.69, 9.17) is 4.74 Å². The molecule has 0 aliphatic carbocycles. The maximum absolute atomic E-state index is 13.3. The van der Waals surface area contributed by atoms with Gasteiger partial charge < -0.3 is 10.1 Å². The molecule has 9 nitrogen and oxygen atoms in total. The SMILES string of the molecule is Cn1nccc1Nc1nccc(-c2cc3n4c(nnc4c2)[C@H](Cc2ccc(F)cc2)CCO3)n1. The molecule has 0 fully saturated rings. The highest BCUT2D eigenvalue weighted by atomic mass is 19.1. The zero-order chi connectivity index (χ0) is 23.1. The second-order valence-corrected chi connectivity index (χ2v) is 8.23. The molecule has 1 aromatic carbocycles. The number of rotatable bonds is 5. The normalized spacial score (nSPS) is 15.2. The van der Waals surface area contributed by atoms with Crippen LogP contribution >= 0.6 is 0 Å². The third-order valence-corrected chi connectivity index (χ3v) is 5.99. The van der Waals surface area contributed by atoms with Crippen molar-refractivity contribution in [2.75, 3.05) is 11.9 Å². The lowest BCUT2D eigenvalue weighted by Gasteiger charge is -2.12. The van der Waals surface area contributed by atoms with E-state index in [1.54, 1.807) is 17.1 Å². The first-order valence-electron chi connectivity index (χ1n) is 11.0. The molecule has 1 aliphatic heterocycles. The predicted octanol–water partition coefficient (Wildman–Crippen LogP) is 3.91. The van der Waals surface area contributed by atoms with Gasteiger partial charge in [-0.2, -0.15) is 5.10 Å². The number of benzene rings is 1. The van der Waals surface area contributed by atoms with Crippen molar-refractivity contribution in [1.82, 2.24) is 34.3 Å². The van der Waals surface area contributed by atoms with Gasteiger partial charge in [0.2, 0.25) is 11.8 Å². The fourth-order valence-corrected chi connectivity index (χ4v) is 4.25. The molecule has 10 heteroatoms. The van der Waals surface area contributed by atoms with Crippen molar-refractivity contribution >= 4 is 17.4 Å². The lowest BCUT2D eigenvalue weighted by molar-refractivity contribution is 0.296. The first-order valence-corrected chi connectivity index (χ1v) is 11.0. The number of anilines is 2. The smallest absolute Gasteiger partial charge is 0.228 e. The van der Waals surface area contributed by atoms with Gasteiger partial charge in [0.25, 0.3) is 0 Å². The summed E-state index contributed by atoms with van der Waals surface area (Å²) in [7, 11) is 1.84. The van der Waals surface area contributed by atoms with Crippen molar-refractivity contribution in [1.29, 1.82) is 0 Å². The van der Waals surface area contributed by atoms with Gasteiger partial charge >= 0.3 is 0 Å². The number of halogens is 1. The third-order valence-electron chi connectivity index (χ3n) is 5.99. The minimum absolute atomic E-state index is 0.112. The predicted molar refractivity (Wildman–Crippen MR) is 123 cm³/mol. The van der Waals surface area contributed by atoms with E-state index in [1.807, 2.05) is 47.8 Å². The summed E-state index contributed by atoms with van der Waals surface area (Å²) in [5, 5.41) is 16.2. The van der Waals surface area contributed by atoms with Crippen molar-refractivity contribution in [2.45, 2.75) is 18.8 Å². The molecular formula is C24H21FN8O. The minimum atomic E-state index is -0.237. The molecule has 0 saturated heterocycles. The molecular weight excluding hydrogens is 435 g/mol. The standard InChI is InChI=1S/C24H21FN8O/c1-32-20(7-10-27-32)29-24-26-9-6-19(28-24)17-13-21-30-31-23-16(8-11-34-22(14-17)33(21)23)12-15-2-4-18(25)5-3-15/h2-7,9-10,13-14,16H,8,11-12H2,1H3,(H,26,28,29)/t16-/m0/s1. The molecule has 6 rings (SSSR count). The van der Waals surface area contributed by atoms with Gasteiger partial charge in [0.15, 0.2) is 5.65 Å². The fraction of sp³-hybridized carbons (Fsp3) is 0.208. The summed E-state index contributed by atoms with van der Waals surface area (Å²) >= 11 is 0. The zero-order valence-electron chi connectivity index (χ0n) is 18.4. The fourth-order valence-electron chi connectivity index (χ4n) is 4.25. The number of hydrogen-bond donors (Lipinski definition) is 1.